The van der Waals surface area contributed by atoms with Crippen molar-refractivity contribution in [2.24, 2.45) is 0 Å². The Labute approximate surface area is 94.7 Å². The Kier molecular flexibility index (Phi) is 4.85. The van der Waals surface area contributed by atoms with E-state index >= 15 is 0 Å². The van der Waals surface area contributed by atoms with Crippen molar-refractivity contribution in [2.45, 2.75) is 25.9 Å². The van der Waals surface area contributed by atoms with E-state index in [9.17, 15) is 9.90 Å². The van der Waals surface area contributed by atoms with Gasteiger partial charge in [0, 0.05) is 5.92 Å². The molecular weight excluding hydrogens is 208 g/mol. The zero-order chi connectivity index (χ0) is 11.3. The van der Waals surface area contributed by atoms with Gasteiger partial charge < -0.3 is 5.11 Å². The molecule has 0 radical (unpaired) electrons. The van der Waals surface area contributed by atoms with Crippen LogP contribution in [-0.2, 0) is 4.79 Å². The van der Waals surface area contributed by atoms with Crippen LogP contribution in [0, 0.1) is 0 Å². The summed E-state index contributed by atoms with van der Waals surface area (Å²) in [5, 5.41) is 9.66. The van der Waals surface area contributed by atoms with Crippen LogP contribution in [0.4, 0.5) is 0 Å². The highest BCUT2D eigenvalue weighted by atomic mass is 32.2. The van der Waals surface area contributed by atoms with Gasteiger partial charge in [0.2, 0.25) is 5.12 Å². The summed E-state index contributed by atoms with van der Waals surface area (Å²) in [6, 6.07) is 9.60. The Morgan fingerprint density at radius 1 is 1.40 bits per heavy atom. The maximum Gasteiger partial charge on any atom is 0.218 e. The number of aliphatic hydroxyl groups is 1. The molecule has 0 heterocycles. The van der Waals surface area contributed by atoms with Gasteiger partial charge in [-0.05, 0) is 11.3 Å². The average molecular weight is 224 g/mol. The van der Waals surface area contributed by atoms with E-state index in [-0.39, 0.29) is 11.0 Å². The highest BCUT2D eigenvalue weighted by Gasteiger charge is 2.23. The summed E-state index contributed by atoms with van der Waals surface area (Å²) in [6.45, 7) is 3.77. The molecule has 2 atom stereocenters. The maximum atomic E-state index is 11.5. The molecule has 0 saturated carbocycles. The summed E-state index contributed by atoms with van der Waals surface area (Å²) in [5.41, 5.74) is 0.995. The van der Waals surface area contributed by atoms with Crippen molar-refractivity contribution in [1.82, 2.24) is 0 Å². The number of carbonyl (C=O) groups is 1. The van der Waals surface area contributed by atoms with Gasteiger partial charge in [0.1, 0.15) is 6.10 Å². The van der Waals surface area contributed by atoms with Crippen LogP contribution >= 0.6 is 11.8 Å². The summed E-state index contributed by atoms with van der Waals surface area (Å²) in [6.07, 6.45) is -0.905. The molecule has 1 aromatic rings. The highest BCUT2D eigenvalue weighted by Crippen LogP contribution is 2.22. The number of hydrogen-bond donors (Lipinski definition) is 1. The van der Waals surface area contributed by atoms with E-state index in [2.05, 4.69) is 0 Å². The van der Waals surface area contributed by atoms with Gasteiger partial charge in [-0.2, -0.15) is 0 Å². The topological polar surface area (TPSA) is 37.3 Å². The van der Waals surface area contributed by atoms with Crippen molar-refractivity contribution >= 4 is 16.9 Å². The summed E-state index contributed by atoms with van der Waals surface area (Å²) in [5.74, 6) is 0.565. The van der Waals surface area contributed by atoms with E-state index in [1.807, 2.05) is 44.2 Å². The number of hydrogen-bond acceptors (Lipinski definition) is 3. The fourth-order valence-electron chi connectivity index (χ4n) is 1.37. The highest BCUT2D eigenvalue weighted by molar-refractivity contribution is 8.13. The Balaban J connectivity index is 2.68. The van der Waals surface area contributed by atoms with Crippen molar-refractivity contribution in [3.05, 3.63) is 35.9 Å². The minimum Gasteiger partial charge on any atom is -0.384 e. The predicted octanol–water partition coefficient (Wildman–Crippen LogP) is 2.43. The molecular formula is C12H16O2S. The van der Waals surface area contributed by atoms with Crippen LogP contribution in [0.5, 0.6) is 0 Å². The van der Waals surface area contributed by atoms with Crippen molar-refractivity contribution in [2.75, 3.05) is 5.75 Å². The first kappa shape index (κ1) is 12.3. The fourth-order valence-corrected chi connectivity index (χ4v) is 2.03. The Bertz CT molecular complexity index is 311. The fraction of sp³-hybridized carbons (Fsp3) is 0.417. The number of carbonyl (C=O) groups excluding carboxylic acids is 1. The zero-order valence-electron chi connectivity index (χ0n) is 9.01. The monoisotopic (exact) mass is 224 g/mol. The van der Waals surface area contributed by atoms with Crippen LogP contribution in [0.25, 0.3) is 0 Å². The third-order valence-corrected chi connectivity index (χ3v) is 3.14. The minimum absolute atomic E-state index is 0.141. The predicted molar refractivity (Wildman–Crippen MR) is 64.0 cm³/mol. The molecule has 0 aliphatic rings. The van der Waals surface area contributed by atoms with Crippen LogP contribution < -0.4 is 0 Å². The van der Waals surface area contributed by atoms with E-state index in [0.717, 1.165) is 5.56 Å². The van der Waals surface area contributed by atoms with E-state index in [1.54, 1.807) is 0 Å². The van der Waals surface area contributed by atoms with Crippen molar-refractivity contribution in [1.29, 1.82) is 0 Å². The van der Waals surface area contributed by atoms with Crippen LogP contribution in [0.3, 0.4) is 0 Å². The van der Waals surface area contributed by atoms with Gasteiger partial charge in [0.25, 0.3) is 0 Å². The molecule has 0 bridgehead atoms. The molecule has 1 N–H and O–H groups in total. The largest absolute Gasteiger partial charge is 0.384 e. The molecule has 3 heteroatoms. The molecule has 15 heavy (non-hydrogen) atoms. The van der Waals surface area contributed by atoms with Crippen molar-refractivity contribution in [3.63, 3.8) is 0 Å². The number of aliphatic hydroxyl groups excluding tert-OH is 1. The van der Waals surface area contributed by atoms with Crippen LogP contribution in [0.2, 0.25) is 0 Å². The second kappa shape index (κ2) is 5.93. The van der Waals surface area contributed by atoms with Gasteiger partial charge >= 0.3 is 0 Å². The van der Waals surface area contributed by atoms with Crippen LogP contribution in [0.1, 0.15) is 25.3 Å². The Morgan fingerprint density at radius 2 is 2.00 bits per heavy atom. The molecule has 2 unspecified atom stereocenters. The van der Waals surface area contributed by atoms with Gasteiger partial charge in [-0.1, -0.05) is 55.9 Å². The van der Waals surface area contributed by atoms with Gasteiger partial charge in [-0.25, -0.2) is 0 Å². The molecule has 0 aromatic heterocycles. The first-order valence-electron chi connectivity index (χ1n) is 5.06. The lowest BCUT2D eigenvalue weighted by molar-refractivity contribution is -0.119. The quantitative estimate of drug-likeness (QED) is 0.853. The third-order valence-electron chi connectivity index (χ3n) is 2.33. The van der Waals surface area contributed by atoms with Crippen LogP contribution in [-0.4, -0.2) is 22.1 Å². The second-order valence-electron chi connectivity index (χ2n) is 3.40. The first-order valence-corrected chi connectivity index (χ1v) is 6.05. The van der Waals surface area contributed by atoms with E-state index in [0.29, 0.717) is 5.75 Å². The van der Waals surface area contributed by atoms with Crippen molar-refractivity contribution in [3.8, 4) is 0 Å². The number of benzene rings is 1. The summed E-state index contributed by atoms with van der Waals surface area (Å²) < 4.78 is 0. The molecule has 0 saturated heterocycles. The lowest BCUT2D eigenvalue weighted by Crippen LogP contribution is -2.24. The second-order valence-corrected chi connectivity index (χ2v) is 4.66. The standard InChI is InChI=1S/C12H16O2S/c1-3-15-12(14)11(13)9(2)10-7-5-4-6-8-10/h4-9,11,13H,3H2,1-2H3. The summed E-state index contributed by atoms with van der Waals surface area (Å²) in [7, 11) is 0. The van der Waals surface area contributed by atoms with E-state index < -0.39 is 6.10 Å². The number of thioether (sulfide) groups is 1. The first-order chi connectivity index (χ1) is 7.16. The average Bonchev–Trinajstić information content (AvgIpc) is 2.28. The zero-order valence-corrected chi connectivity index (χ0v) is 9.83. The minimum atomic E-state index is -0.905. The smallest absolute Gasteiger partial charge is 0.218 e. The van der Waals surface area contributed by atoms with Gasteiger partial charge in [-0.15, -0.1) is 0 Å². The van der Waals surface area contributed by atoms with E-state index in [1.165, 1.54) is 11.8 Å². The van der Waals surface area contributed by atoms with Gasteiger partial charge in [-0.3, -0.25) is 4.79 Å². The Morgan fingerprint density at radius 3 is 2.53 bits per heavy atom. The van der Waals surface area contributed by atoms with E-state index in [4.69, 9.17) is 0 Å². The van der Waals surface area contributed by atoms with Gasteiger partial charge in [0.15, 0.2) is 0 Å². The third kappa shape index (κ3) is 3.36. The Hall–Kier alpha value is -0.800. The number of rotatable bonds is 4. The van der Waals surface area contributed by atoms with Gasteiger partial charge in [0.05, 0.1) is 0 Å². The molecule has 0 fully saturated rings. The molecule has 2 nitrogen and oxygen atoms in total. The van der Waals surface area contributed by atoms with Crippen LogP contribution in [0.15, 0.2) is 30.3 Å². The molecule has 1 aromatic carbocycles. The molecule has 0 amide bonds. The lowest BCUT2D eigenvalue weighted by atomic mass is 9.96. The molecule has 0 aliphatic carbocycles. The summed E-state index contributed by atoms with van der Waals surface area (Å²) in [4.78, 5) is 11.5. The molecule has 0 aliphatic heterocycles. The summed E-state index contributed by atoms with van der Waals surface area (Å²) >= 11 is 1.17. The molecule has 82 valence electrons. The lowest BCUT2D eigenvalue weighted by Gasteiger charge is -2.17. The van der Waals surface area contributed by atoms with Crippen molar-refractivity contribution < 1.29 is 9.90 Å². The SMILES string of the molecule is CCSC(=O)C(O)C(C)c1ccccc1. The molecule has 0 spiro atoms. The normalized spacial score (nSPS) is 14.6. The maximum absolute atomic E-state index is 11.5. The molecule has 1 rings (SSSR count).